The second kappa shape index (κ2) is 9.73. The van der Waals surface area contributed by atoms with Gasteiger partial charge in [0.15, 0.2) is 0 Å². The van der Waals surface area contributed by atoms with E-state index in [2.05, 4.69) is 5.32 Å². The van der Waals surface area contributed by atoms with Gasteiger partial charge in [-0.05, 0) is 18.6 Å². The predicted molar refractivity (Wildman–Crippen MR) is 83.4 cm³/mol. The third-order valence-corrected chi connectivity index (χ3v) is 3.49. The van der Waals surface area contributed by atoms with Crippen LogP contribution in [0.2, 0.25) is 5.02 Å². The summed E-state index contributed by atoms with van der Waals surface area (Å²) < 4.78 is 4.99. The summed E-state index contributed by atoms with van der Waals surface area (Å²) in [4.78, 5) is 13.9. The molecule has 0 aliphatic carbocycles. The summed E-state index contributed by atoms with van der Waals surface area (Å²) in [5, 5.41) is 12.6. The van der Waals surface area contributed by atoms with E-state index in [0.29, 0.717) is 24.7 Å². The molecule has 0 saturated carbocycles. The van der Waals surface area contributed by atoms with Crippen LogP contribution in [-0.2, 0) is 9.53 Å². The lowest BCUT2D eigenvalue weighted by molar-refractivity contribution is -0.123. The Bertz CT molecular complexity index is 443. The Morgan fingerprint density at radius 2 is 2.14 bits per heavy atom. The number of ether oxygens (including phenoxy) is 1. The lowest BCUT2D eigenvalue weighted by Crippen LogP contribution is -2.40. The molecule has 6 heteroatoms. The van der Waals surface area contributed by atoms with E-state index in [1.165, 1.54) is 0 Å². The molecule has 1 unspecified atom stereocenters. The minimum absolute atomic E-state index is 0.0110. The molecule has 1 aromatic rings. The first-order valence-electron chi connectivity index (χ1n) is 6.94. The Kier molecular flexibility index (Phi) is 8.30. The number of nitrogens with one attached hydrogen (secondary N) is 1. The number of amides is 1. The average Bonchev–Trinajstić information content (AvgIpc) is 2.45. The highest BCUT2D eigenvalue weighted by Crippen LogP contribution is 2.21. The van der Waals surface area contributed by atoms with Crippen LogP contribution < -0.4 is 5.32 Å². The fourth-order valence-corrected chi connectivity index (χ4v) is 2.33. The van der Waals surface area contributed by atoms with Crippen LogP contribution in [0.3, 0.4) is 0 Å². The molecule has 0 saturated heterocycles. The number of methoxy groups -OCH3 is 1. The van der Waals surface area contributed by atoms with Crippen molar-refractivity contribution in [2.75, 3.05) is 40.0 Å². The number of aliphatic hydroxyl groups is 1. The van der Waals surface area contributed by atoms with Crippen LogP contribution in [0, 0.1) is 0 Å². The van der Waals surface area contributed by atoms with Gasteiger partial charge in [-0.1, -0.05) is 29.8 Å². The second-order valence-electron chi connectivity index (χ2n) is 4.80. The number of rotatable bonds is 9. The third-order valence-electron chi connectivity index (χ3n) is 3.14. The van der Waals surface area contributed by atoms with Crippen molar-refractivity contribution in [1.82, 2.24) is 10.2 Å². The van der Waals surface area contributed by atoms with Gasteiger partial charge in [0.2, 0.25) is 5.91 Å². The molecule has 0 heterocycles. The fraction of sp³-hybridized carbons (Fsp3) is 0.533. The molecule has 0 spiro atoms. The van der Waals surface area contributed by atoms with Crippen LogP contribution in [0.1, 0.15) is 18.5 Å². The first-order valence-corrected chi connectivity index (χ1v) is 7.32. The van der Waals surface area contributed by atoms with Crippen molar-refractivity contribution in [3.63, 3.8) is 0 Å². The topological polar surface area (TPSA) is 61.8 Å². The molecular formula is C15H23ClN2O3. The SMILES string of the molecule is COCCN(CCO)CC(=O)NC(C)c1ccccc1Cl. The van der Waals surface area contributed by atoms with Gasteiger partial charge in [0.05, 0.1) is 25.8 Å². The Morgan fingerprint density at radius 1 is 1.43 bits per heavy atom. The lowest BCUT2D eigenvalue weighted by Gasteiger charge is -2.22. The van der Waals surface area contributed by atoms with E-state index in [-0.39, 0.29) is 25.1 Å². The van der Waals surface area contributed by atoms with Crippen molar-refractivity contribution in [3.05, 3.63) is 34.9 Å². The zero-order valence-corrected chi connectivity index (χ0v) is 13.3. The summed E-state index contributed by atoms with van der Waals surface area (Å²) in [5.74, 6) is -0.105. The van der Waals surface area contributed by atoms with Crippen molar-refractivity contribution in [2.24, 2.45) is 0 Å². The number of carbonyl (C=O) groups excluding carboxylic acids is 1. The van der Waals surface area contributed by atoms with Gasteiger partial charge in [-0.2, -0.15) is 0 Å². The van der Waals surface area contributed by atoms with E-state index in [1.807, 2.05) is 30.0 Å². The normalized spacial score (nSPS) is 12.4. The standard InChI is InChI=1S/C15H23ClN2O3/c1-12(13-5-3-4-6-14(13)16)17-15(20)11-18(7-9-19)8-10-21-2/h3-6,12,19H,7-11H2,1-2H3,(H,17,20). The van der Waals surface area contributed by atoms with E-state index in [0.717, 1.165) is 5.56 Å². The van der Waals surface area contributed by atoms with E-state index >= 15 is 0 Å². The Hall–Kier alpha value is -1.14. The van der Waals surface area contributed by atoms with Gasteiger partial charge in [-0.15, -0.1) is 0 Å². The largest absolute Gasteiger partial charge is 0.395 e. The molecule has 1 aromatic carbocycles. The van der Waals surface area contributed by atoms with Crippen molar-refractivity contribution in [3.8, 4) is 0 Å². The smallest absolute Gasteiger partial charge is 0.234 e. The van der Waals surface area contributed by atoms with Crippen LogP contribution in [-0.4, -0.2) is 55.9 Å². The molecule has 1 amide bonds. The predicted octanol–water partition coefficient (Wildman–Crippen LogP) is 1.46. The molecule has 0 aliphatic rings. The maximum atomic E-state index is 12.1. The number of benzene rings is 1. The summed E-state index contributed by atoms with van der Waals surface area (Å²) in [6.45, 7) is 3.69. The van der Waals surface area contributed by atoms with Gasteiger partial charge < -0.3 is 15.2 Å². The number of aliphatic hydroxyl groups excluding tert-OH is 1. The van der Waals surface area contributed by atoms with Crippen molar-refractivity contribution in [2.45, 2.75) is 13.0 Å². The summed E-state index contributed by atoms with van der Waals surface area (Å²) in [6, 6.07) is 7.28. The summed E-state index contributed by atoms with van der Waals surface area (Å²) in [5.41, 5.74) is 0.887. The van der Waals surface area contributed by atoms with E-state index < -0.39 is 0 Å². The van der Waals surface area contributed by atoms with Crippen LogP contribution in [0.25, 0.3) is 0 Å². The summed E-state index contributed by atoms with van der Waals surface area (Å²) in [7, 11) is 1.61. The number of hydrogen-bond donors (Lipinski definition) is 2. The van der Waals surface area contributed by atoms with Crippen LogP contribution in [0.5, 0.6) is 0 Å². The van der Waals surface area contributed by atoms with Crippen molar-refractivity contribution >= 4 is 17.5 Å². The van der Waals surface area contributed by atoms with Crippen LogP contribution in [0.4, 0.5) is 0 Å². The number of halogens is 1. The molecule has 1 atom stereocenters. The highest BCUT2D eigenvalue weighted by Gasteiger charge is 2.15. The zero-order valence-electron chi connectivity index (χ0n) is 12.5. The van der Waals surface area contributed by atoms with E-state index in [4.69, 9.17) is 21.4 Å². The minimum Gasteiger partial charge on any atom is -0.395 e. The van der Waals surface area contributed by atoms with Crippen LogP contribution >= 0.6 is 11.6 Å². The number of carbonyl (C=O) groups is 1. The molecule has 21 heavy (non-hydrogen) atoms. The minimum atomic E-state index is -0.162. The third kappa shape index (κ3) is 6.44. The Balaban J connectivity index is 2.53. The molecule has 0 fully saturated rings. The van der Waals surface area contributed by atoms with Crippen LogP contribution in [0.15, 0.2) is 24.3 Å². The van der Waals surface area contributed by atoms with Gasteiger partial charge in [-0.3, -0.25) is 9.69 Å². The molecule has 1 rings (SSSR count). The maximum Gasteiger partial charge on any atom is 0.234 e. The van der Waals surface area contributed by atoms with E-state index in [9.17, 15) is 4.79 Å². The monoisotopic (exact) mass is 314 g/mol. The Labute approximate surface area is 130 Å². The summed E-state index contributed by atoms with van der Waals surface area (Å²) >= 11 is 6.12. The molecule has 0 radical (unpaired) electrons. The second-order valence-corrected chi connectivity index (χ2v) is 5.21. The lowest BCUT2D eigenvalue weighted by atomic mass is 10.1. The molecule has 5 nitrogen and oxygen atoms in total. The fourth-order valence-electron chi connectivity index (χ4n) is 2.03. The van der Waals surface area contributed by atoms with Gasteiger partial charge in [0.1, 0.15) is 0 Å². The number of nitrogens with zero attached hydrogens (tertiary/aromatic N) is 1. The highest BCUT2D eigenvalue weighted by molar-refractivity contribution is 6.31. The van der Waals surface area contributed by atoms with Gasteiger partial charge in [0.25, 0.3) is 0 Å². The molecular weight excluding hydrogens is 292 g/mol. The first kappa shape index (κ1) is 17.9. The summed E-state index contributed by atoms with van der Waals surface area (Å²) in [6.07, 6.45) is 0. The Morgan fingerprint density at radius 3 is 2.76 bits per heavy atom. The first-order chi connectivity index (χ1) is 10.1. The van der Waals surface area contributed by atoms with Crippen molar-refractivity contribution in [1.29, 1.82) is 0 Å². The van der Waals surface area contributed by atoms with E-state index in [1.54, 1.807) is 13.2 Å². The quantitative estimate of drug-likeness (QED) is 0.724. The molecule has 0 aromatic heterocycles. The van der Waals surface area contributed by atoms with Gasteiger partial charge in [0, 0.05) is 25.2 Å². The highest BCUT2D eigenvalue weighted by atomic mass is 35.5. The van der Waals surface area contributed by atoms with Gasteiger partial charge >= 0.3 is 0 Å². The van der Waals surface area contributed by atoms with Crippen molar-refractivity contribution < 1.29 is 14.6 Å². The molecule has 2 N–H and O–H groups in total. The van der Waals surface area contributed by atoms with Gasteiger partial charge in [-0.25, -0.2) is 0 Å². The molecule has 0 bridgehead atoms. The number of hydrogen-bond acceptors (Lipinski definition) is 4. The average molecular weight is 315 g/mol. The molecule has 0 aliphatic heterocycles. The zero-order chi connectivity index (χ0) is 15.7. The maximum absolute atomic E-state index is 12.1. The molecule has 118 valence electrons.